The molecular weight excluding hydrogens is 176 g/mol. The second-order valence-electron chi connectivity index (χ2n) is 4.00. The van der Waals surface area contributed by atoms with E-state index in [1.807, 2.05) is 12.1 Å². The third-order valence-electron chi connectivity index (χ3n) is 2.74. The van der Waals surface area contributed by atoms with Gasteiger partial charge in [-0.25, -0.2) is 0 Å². The van der Waals surface area contributed by atoms with Crippen molar-refractivity contribution in [2.45, 2.75) is 12.5 Å². The van der Waals surface area contributed by atoms with Gasteiger partial charge in [0.15, 0.2) is 0 Å². The molecule has 0 aliphatic carbocycles. The van der Waals surface area contributed by atoms with E-state index in [9.17, 15) is 0 Å². The minimum atomic E-state index is -0.195. The first-order chi connectivity index (χ1) is 6.64. The third-order valence-corrected chi connectivity index (χ3v) is 2.74. The zero-order valence-corrected chi connectivity index (χ0v) is 8.63. The largest absolute Gasteiger partial charge is 0.497 e. The molecule has 76 valence electrons. The van der Waals surface area contributed by atoms with E-state index in [2.05, 4.69) is 18.3 Å². The molecule has 1 heterocycles. The van der Waals surface area contributed by atoms with Gasteiger partial charge in [-0.15, -0.1) is 0 Å². The predicted molar refractivity (Wildman–Crippen MR) is 56.5 cm³/mol. The van der Waals surface area contributed by atoms with Gasteiger partial charge in [-0.3, -0.25) is 0 Å². The summed E-state index contributed by atoms with van der Waals surface area (Å²) >= 11 is 0. The molecule has 2 rings (SSSR count). The number of methoxy groups -OCH3 is 1. The van der Waals surface area contributed by atoms with E-state index in [1.165, 1.54) is 5.56 Å². The van der Waals surface area contributed by atoms with Crippen molar-refractivity contribution in [1.82, 2.24) is 5.32 Å². The summed E-state index contributed by atoms with van der Waals surface area (Å²) < 4.78 is 5.22. The molecule has 1 fully saturated rings. The van der Waals surface area contributed by atoms with Crippen molar-refractivity contribution in [3.63, 3.8) is 0 Å². The normalized spacial score (nSPS) is 18.8. The Balaban J connectivity index is 2.37. The zero-order valence-electron chi connectivity index (χ0n) is 8.63. The molecule has 1 aliphatic heterocycles. The van der Waals surface area contributed by atoms with Gasteiger partial charge in [0.1, 0.15) is 5.75 Å². The molecule has 3 nitrogen and oxygen atoms in total. The number of rotatable bonds is 2. The summed E-state index contributed by atoms with van der Waals surface area (Å²) in [6.45, 7) is 3.75. The van der Waals surface area contributed by atoms with Crippen molar-refractivity contribution in [1.29, 1.82) is 0 Å². The molecule has 0 spiro atoms. The summed E-state index contributed by atoms with van der Waals surface area (Å²) in [7, 11) is 1.68. The van der Waals surface area contributed by atoms with E-state index >= 15 is 0 Å². The van der Waals surface area contributed by atoms with Crippen molar-refractivity contribution in [3.8, 4) is 5.75 Å². The fourth-order valence-corrected chi connectivity index (χ4v) is 1.75. The van der Waals surface area contributed by atoms with Crippen LogP contribution >= 0.6 is 0 Å². The average Bonchev–Trinajstić information content (AvgIpc) is 2.13. The van der Waals surface area contributed by atoms with Crippen LogP contribution in [0.25, 0.3) is 0 Å². The van der Waals surface area contributed by atoms with Crippen molar-refractivity contribution in [2.24, 2.45) is 5.73 Å². The number of aryl methyl sites for hydroxylation is 1. The van der Waals surface area contributed by atoms with Gasteiger partial charge in [-0.05, 0) is 30.2 Å². The summed E-state index contributed by atoms with van der Waals surface area (Å²) in [5.41, 5.74) is 8.35. The Morgan fingerprint density at radius 3 is 2.57 bits per heavy atom. The molecular formula is C11H16N2O. The predicted octanol–water partition coefficient (Wildman–Crippen LogP) is 0.761. The fourth-order valence-electron chi connectivity index (χ4n) is 1.75. The van der Waals surface area contributed by atoms with Gasteiger partial charge < -0.3 is 15.8 Å². The molecule has 0 unspecified atom stereocenters. The van der Waals surface area contributed by atoms with Gasteiger partial charge in [0.2, 0.25) is 0 Å². The lowest BCUT2D eigenvalue weighted by atomic mass is 9.84. The van der Waals surface area contributed by atoms with Crippen LogP contribution in [0.5, 0.6) is 5.75 Å². The van der Waals surface area contributed by atoms with Crippen molar-refractivity contribution >= 4 is 0 Å². The van der Waals surface area contributed by atoms with E-state index < -0.39 is 0 Å². The van der Waals surface area contributed by atoms with Crippen molar-refractivity contribution in [2.75, 3.05) is 20.2 Å². The van der Waals surface area contributed by atoms with E-state index in [-0.39, 0.29) is 5.54 Å². The van der Waals surface area contributed by atoms with E-state index in [4.69, 9.17) is 10.5 Å². The molecule has 0 radical (unpaired) electrons. The van der Waals surface area contributed by atoms with Crippen molar-refractivity contribution < 1.29 is 4.74 Å². The maximum Gasteiger partial charge on any atom is 0.119 e. The first-order valence-corrected chi connectivity index (χ1v) is 4.80. The average molecular weight is 192 g/mol. The van der Waals surface area contributed by atoms with Crippen LogP contribution in [-0.2, 0) is 5.54 Å². The Morgan fingerprint density at radius 2 is 2.07 bits per heavy atom. The Kier molecular flexibility index (Phi) is 2.21. The van der Waals surface area contributed by atoms with E-state index in [0.29, 0.717) is 0 Å². The maximum atomic E-state index is 6.20. The third kappa shape index (κ3) is 1.49. The van der Waals surface area contributed by atoms with Gasteiger partial charge >= 0.3 is 0 Å². The van der Waals surface area contributed by atoms with Gasteiger partial charge in [-0.2, -0.15) is 0 Å². The topological polar surface area (TPSA) is 47.3 Å². The van der Waals surface area contributed by atoms with Crippen LogP contribution in [0.3, 0.4) is 0 Å². The Bertz CT molecular complexity index is 345. The van der Waals surface area contributed by atoms with Crippen LogP contribution in [0, 0.1) is 6.92 Å². The van der Waals surface area contributed by atoms with Crippen molar-refractivity contribution in [3.05, 3.63) is 29.3 Å². The van der Waals surface area contributed by atoms with Crippen LogP contribution in [0.1, 0.15) is 11.1 Å². The molecule has 0 aromatic heterocycles. The molecule has 0 atom stereocenters. The maximum absolute atomic E-state index is 6.20. The Labute approximate surface area is 84.3 Å². The number of benzene rings is 1. The van der Waals surface area contributed by atoms with Crippen LogP contribution in [0.2, 0.25) is 0 Å². The molecule has 1 saturated heterocycles. The first-order valence-electron chi connectivity index (χ1n) is 4.80. The molecule has 3 heteroatoms. The summed E-state index contributed by atoms with van der Waals surface area (Å²) in [6.07, 6.45) is 0. The number of nitrogens with one attached hydrogen (secondary N) is 1. The monoisotopic (exact) mass is 192 g/mol. The van der Waals surface area contributed by atoms with Gasteiger partial charge in [0.25, 0.3) is 0 Å². The molecule has 1 aliphatic rings. The molecule has 1 aromatic rings. The highest BCUT2D eigenvalue weighted by Gasteiger charge is 2.34. The Hall–Kier alpha value is -1.06. The quantitative estimate of drug-likeness (QED) is 0.727. The highest BCUT2D eigenvalue weighted by molar-refractivity contribution is 5.39. The van der Waals surface area contributed by atoms with Gasteiger partial charge in [0.05, 0.1) is 12.6 Å². The number of ether oxygens (including phenoxy) is 1. The number of nitrogens with two attached hydrogens (primary N) is 1. The minimum Gasteiger partial charge on any atom is -0.497 e. The highest BCUT2D eigenvalue weighted by atomic mass is 16.5. The first kappa shape index (κ1) is 9.49. The summed E-state index contributed by atoms with van der Waals surface area (Å²) in [4.78, 5) is 0. The molecule has 0 saturated carbocycles. The molecule has 14 heavy (non-hydrogen) atoms. The van der Waals surface area contributed by atoms with Gasteiger partial charge in [-0.1, -0.05) is 6.07 Å². The summed E-state index contributed by atoms with van der Waals surface area (Å²) in [5.74, 6) is 0.886. The standard InChI is InChI=1S/C11H16N2O/c1-8-3-9(5-10(4-8)14-2)11(12)6-13-7-11/h3-5,13H,6-7,12H2,1-2H3. The smallest absolute Gasteiger partial charge is 0.119 e. The molecule has 0 bridgehead atoms. The van der Waals surface area contributed by atoms with E-state index in [0.717, 1.165) is 24.4 Å². The van der Waals surface area contributed by atoms with Crippen LogP contribution in [0.4, 0.5) is 0 Å². The summed E-state index contributed by atoms with van der Waals surface area (Å²) in [5, 5.41) is 3.19. The fraction of sp³-hybridized carbons (Fsp3) is 0.455. The van der Waals surface area contributed by atoms with Gasteiger partial charge in [0, 0.05) is 13.1 Å². The summed E-state index contributed by atoms with van der Waals surface area (Å²) in [6, 6.07) is 6.16. The molecule has 0 amide bonds. The Morgan fingerprint density at radius 1 is 1.36 bits per heavy atom. The highest BCUT2D eigenvalue weighted by Crippen LogP contribution is 2.27. The number of hydrogen-bond donors (Lipinski definition) is 2. The van der Waals surface area contributed by atoms with Crippen LogP contribution in [-0.4, -0.2) is 20.2 Å². The second kappa shape index (κ2) is 3.26. The molecule has 1 aromatic carbocycles. The lowest BCUT2D eigenvalue weighted by Crippen LogP contribution is -2.62. The second-order valence-corrected chi connectivity index (χ2v) is 4.00. The van der Waals surface area contributed by atoms with Crippen LogP contribution < -0.4 is 15.8 Å². The lowest BCUT2D eigenvalue weighted by molar-refractivity contribution is 0.285. The molecule has 3 N–H and O–H groups in total. The minimum absolute atomic E-state index is 0.195. The SMILES string of the molecule is COc1cc(C)cc(C2(N)CNC2)c1. The van der Waals surface area contributed by atoms with Crippen LogP contribution in [0.15, 0.2) is 18.2 Å². The zero-order chi connectivity index (χ0) is 10.2. The van der Waals surface area contributed by atoms with E-state index in [1.54, 1.807) is 7.11 Å². The lowest BCUT2D eigenvalue weighted by Gasteiger charge is -2.39. The number of hydrogen-bond acceptors (Lipinski definition) is 3.